The van der Waals surface area contributed by atoms with Crippen LogP contribution in [-0.2, 0) is 0 Å². The Morgan fingerprint density at radius 2 is 1.81 bits per heavy atom. The molecule has 3 heteroatoms. The van der Waals surface area contributed by atoms with E-state index in [0.717, 1.165) is 23.2 Å². The highest BCUT2D eigenvalue weighted by molar-refractivity contribution is 8.21. The molecule has 1 aromatic rings. The molecule has 2 rings (SSSR count). The average Bonchev–Trinajstić information content (AvgIpc) is 2.38. The summed E-state index contributed by atoms with van der Waals surface area (Å²) >= 11 is 0. The molecule has 1 fully saturated rings. The molecule has 0 bridgehead atoms. The third-order valence-electron chi connectivity index (χ3n) is 3.12. The fraction of sp³-hybridized carbons (Fsp3) is 0.538. The van der Waals surface area contributed by atoms with Crippen LogP contribution in [0.4, 0.5) is 0 Å². The Labute approximate surface area is 106 Å². The summed E-state index contributed by atoms with van der Waals surface area (Å²) in [5.74, 6) is 1.72. The van der Waals surface area contributed by atoms with Crippen molar-refractivity contribution in [3.63, 3.8) is 0 Å². The van der Waals surface area contributed by atoms with E-state index in [0.29, 0.717) is 0 Å². The van der Waals surface area contributed by atoms with Gasteiger partial charge in [-0.3, -0.25) is 0 Å². The second kappa shape index (κ2) is 6.41. The zero-order valence-electron chi connectivity index (χ0n) is 9.32. The molecule has 0 N–H and O–H groups in total. The molecule has 1 aliphatic rings. The fourth-order valence-electron chi connectivity index (χ4n) is 2.16. The monoisotopic (exact) mass is 256 g/mol. The van der Waals surface area contributed by atoms with Gasteiger partial charge in [-0.05, 0) is 64.7 Å². The summed E-state index contributed by atoms with van der Waals surface area (Å²) in [5.41, 5.74) is 0. The van der Waals surface area contributed by atoms with Crippen molar-refractivity contribution in [3.8, 4) is 5.75 Å². The topological polar surface area (TPSA) is 9.23 Å². The molecule has 1 aliphatic carbocycles. The first kappa shape index (κ1) is 12.1. The lowest BCUT2D eigenvalue weighted by molar-refractivity contribution is 0.209. The van der Waals surface area contributed by atoms with Crippen LogP contribution in [0.5, 0.6) is 5.75 Å². The lowest BCUT2D eigenvalue weighted by Gasteiger charge is -2.21. The van der Waals surface area contributed by atoms with Crippen LogP contribution in [0.2, 0.25) is 0 Å². The van der Waals surface area contributed by atoms with Crippen LogP contribution in [0.3, 0.4) is 0 Å². The van der Waals surface area contributed by atoms with E-state index in [1.807, 2.05) is 24.3 Å². The highest BCUT2D eigenvalue weighted by Gasteiger charge is 2.13. The van der Waals surface area contributed by atoms with Gasteiger partial charge in [0.05, 0.1) is 6.61 Å². The molecule has 0 amide bonds. The number of hydrogen-bond acceptors (Lipinski definition) is 2. The summed E-state index contributed by atoms with van der Waals surface area (Å²) < 4.78 is 5.79. The molecule has 88 valence electrons. The van der Waals surface area contributed by atoms with E-state index in [2.05, 4.69) is 0 Å². The number of hydrogen-bond donors (Lipinski definition) is 0. The Morgan fingerprint density at radius 3 is 2.44 bits per heavy atom. The van der Waals surface area contributed by atoms with E-state index in [1.165, 1.54) is 43.1 Å². The minimum Gasteiger partial charge on any atom is -0.493 e. The largest absolute Gasteiger partial charge is 0.493 e. The molecule has 1 saturated carbocycles. The molecule has 16 heavy (non-hydrogen) atoms. The minimum absolute atomic E-state index is 0.760. The molecule has 0 heterocycles. The molecule has 1 aromatic carbocycles. The van der Waals surface area contributed by atoms with Gasteiger partial charge in [0.15, 0.2) is 0 Å². The second-order valence-corrected chi connectivity index (χ2v) is 5.45. The summed E-state index contributed by atoms with van der Waals surface area (Å²) in [6, 6.07) is 7.98. The van der Waals surface area contributed by atoms with Crippen LogP contribution in [0.1, 0.15) is 32.1 Å². The van der Waals surface area contributed by atoms with Crippen LogP contribution in [0.25, 0.3) is 0 Å². The van der Waals surface area contributed by atoms with Crippen LogP contribution in [0, 0.1) is 5.92 Å². The second-order valence-electron chi connectivity index (χ2n) is 4.36. The molecule has 0 radical (unpaired) electrons. The first-order chi connectivity index (χ1) is 7.88. The average molecular weight is 257 g/mol. The van der Waals surface area contributed by atoms with Gasteiger partial charge in [0.1, 0.15) is 5.75 Å². The van der Waals surface area contributed by atoms with Crippen molar-refractivity contribution in [2.75, 3.05) is 6.61 Å². The first-order valence-electron chi connectivity index (χ1n) is 5.90. The van der Waals surface area contributed by atoms with Gasteiger partial charge in [-0.25, -0.2) is 0 Å². The number of halogens is 1. The lowest BCUT2D eigenvalue weighted by Crippen LogP contribution is -2.15. The van der Waals surface area contributed by atoms with Crippen molar-refractivity contribution in [1.82, 2.24) is 0 Å². The van der Waals surface area contributed by atoms with E-state index in [-0.39, 0.29) is 0 Å². The molecule has 0 aliphatic heterocycles. The highest BCUT2D eigenvalue weighted by atomic mass is 35.7. The summed E-state index contributed by atoms with van der Waals surface area (Å²) in [5, 5.41) is 0. The molecule has 0 aromatic heterocycles. The van der Waals surface area contributed by atoms with E-state index in [9.17, 15) is 0 Å². The van der Waals surface area contributed by atoms with Crippen molar-refractivity contribution in [1.29, 1.82) is 0 Å². The fourth-order valence-corrected chi connectivity index (χ4v) is 2.70. The van der Waals surface area contributed by atoms with Gasteiger partial charge in [-0.2, -0.15) is 0 Å². The van der Waals surface area contributed by atoms with Gasteiger partial charge in [0.25, 0.3) is 0 Å². The quantitative estimate of drug-likeness (QED) is 0.758. The Kier molecular flexibility index (Phi) is 4.86. The molecular weight excluding hydrogens is 240 g/mol. The zero-order valence-corrected chi connectivity index (χ0v) is 10.9. The van der Waals surface area contributed by atoms with E-state index in [4.69, 9.17) is 15.4 Å². The van der Waals surface area contributed by atoms with Crippen molar-refractivity contribution in [3.05, 3.63) is 24.3 Å². The third-order valence-corrected chi connectivity index (χ3v) is 4.11. The SMILES string of the molecule is ClSc1ccc(OCC2CCCCC2)cc1. The van der Waals surface area contributed by atoms with E-state index >= 15 is 0 Å². The van der Waals surface area contributed by atoms with E-state index < -0.39 is 0 Å². The van der Waals surface area contributed by atoms with Crippen LogP contribution in [-0.4, -0.2) is 6.61 Å². The maximum atomic E-state index is 5.79. The van der Waals surface area contributed by atoms with Gasteiger partial charge >= 0.3 is 0 Å². The van der Waals surface area contributed by atoms with Gasteiger partial charge in [-0.15, -0.1) is 0 Å². The summed E-state index contributed by atoms with van der Waals surface area (Å²) in [6.07, 6.45) is 6.80. The van der Waals surface area contributed by atoms with Crippen molar-refractivity contribution in [2.45, 2.75) is 37.0 Å². The Bertz CT molecular complexity index is 306. The lowest BCUT2D eigenvalue weighted by atomic mass is 9.90. The summed E-state index contributed by atoms with van der Waals surface area (Å²) in [4.78, 5) is 1.06. The van der Waals surface area contributed by atoms with Gasteiger partial charge in [0.2, 0.25) is 0 Å². The maximum absolute atomic E-state index is 5.79. The first-order valence-corrected chi connectivity index (χ1v) is 7.54. The Morgan fingerprint density at radius 1 is 1.12 bits per heavy atom. The van der Waals surface area contributed by atoms with Crippen LogP contribution >= 0.6 is 21.7 Å². The molecular formula is C13H17ClOS. The molecule has 0 atom stereocenters. The third kappa shape index (κ3) is 3.60. The van der Waals surface area contributed by atoms with Gasteiger partial charge < -0.3 is 4.74 Å². The van der Waals surface area contributed by atoms with Gasteiger partial charge in [0, 0.05) is 4.90 Å². The maximum Gasteiger partial charge on any atom is 0.119 e. The molecule has 0 saturated heterocycles. The normalized spacial score (nSPS) is 17.3. The summed E-state index contributed by atoms with van der Waals surface area (Å²) in [6.45, 7) is 0.868. The minimum atomic E-state index is 0.760. The Balaban J connectivity index is 1.79. The molecule has 1 nitrogen and oxygen atoms in total. The van der Waals surface area contributed by atoms with Gasteiger partial charge in [-0.1, -0.05) is 19.3 Å². The van der Waals surface area contributed by atoms with Crippen molar-refractivity contribution >= 4 is 21.7 Å². The standard InChI is InChI=1S/C13H17ClOS/c14-16-13-8-6-12(7-9-13)15-10-11-4-2-1-3-5-11/h6-9,11H,1-5,10H2. The molecule has 0 spiro atoms. The predicted molar refractivity (Wildman–Crippen MR) is 70.2 cm³/mol. The number of ether oxygens (including phenoxy) is 1. The molecule has 0 unspecified atom stereocenters. The summed E-state index contributed by atoms with van der Waals surface area (Å²) in [7, 11) is 6.89. The zero-order chi connectivity index (χ0) is 11.2. The number of benzene rings is 1. The Hall–Kier alpha value is -0.340. The predicted octanol–water partition coefficient (Wildman–Crippen LogP) is 4.89. The van der Waals surface area contributed by atoms with Crippen LogP contribution in [0.15, 0.2) is 29.2 Å². The highest BCUT2D eigenvalue weighted by Crippen LogP contribution is 2.26. The number of rotatable bonds is 4. The van der Waals surface area contributed by atoms with Crippen molar-refractivity contribution < 1.29 is 4.74 Å². The van der Waals surface area contributed by atoms with E-state index in [1.54, 1.807) is 0 Å². The smallest absolute Gasteiger partial charge is 0.119 e. The van der Waals surface area contributed by atoms with Crippen molar-refractivity contribution in [2.24, 2.45) is 5.92 Å². The van der Waals surface area contributed by atoms with Crippen LogP contribution < -0.4 is 4.74 Å².